The zero-order valence-corrected chi connectivity index (χ0v) is 21.4. The van der Waals surface area contributed by atoms with Crippen molar-refractivity contribution in [2.24, 2.45) is 46.3 Å². The summed E-state index contributed by atoms with van der Waals surface area (Å²) in [4.78, 5) is 51.1. The molecule has 0 spiro atoms. The zero-order valence-electron chi connectivity index (χ0n) is 21.4. The first kappa shape index (κ1) is 25.1. The van der Waals surface area contributed by atoms with Crippen molar-refractivity contribution in [2.75, 3.05) is 0 Å². The highest BCUT2D eigenvalue weighted by molar-refractivity contribution is 6.11. The molecular formula is C29H40O5. The van der Waals surface area contributed by atoms with Crippen molar-refractivity contribution in [1.82, 2.24) is 0 Å². The molecule has 0 saturated heterocycles. The Morgan fingerprint density at radius 1 is 1.15 bits per heavy atom. The fraction of sp³-hybridized carbons (Fsp3) is 0.724. The van der Waals surface area contributed by atoms with Gasteiger partial charge < -0.3 is 5.11 Å². The van der Waals surface area contributed by atoms with Crippen LogP contribution in [-0.4, -0.2) is 28.4 Å². The summed E-state index contributed by atoms with van der Waals surface area (Å²) in [6.45, 7) is 14.2. The Morgan fingerprint density at radius 3 is 2.47 bits per heavy atom. The van der Waals surface area contributed by atoms with Gasteiger partial charge in [0.25, 0.3) is 0 Å². The number of rotatable bonds is 6. The fourth-order valence-electron chi connectivity index (χ4n) is 8.25. The van der Waals surface area contributed by atoms with Crippen LogP contribution in [0, 0.1) is 46.3 Å². The van der Waals surface area contributed by atoms with Crippen LogP contribution in [0.25, 0.3) is 0 Å². The van der Waals surface area contributed by atoms with Crippen molar-refractivity contribution >= 4 is 23.3 Å². The van der Waals surface area contributed by atoms with E-state index in [1.54, 1.807) is 6.92 Å². The summed E-state index contributed by atoms with van der Waals surface area (Å²) in [6, 6.07) is 0. The lowest BCUT2D eigenvalue weighted by Gasteiger charge is -2.53. The van der Waals surface area contributed by atoms with E-state index in [0.29, 0.717) is 43.9 Å². The third-order valence-corrected chi connectivity index (χ3v) is 10.5. The van der Waals surface area contributed by atoms with Gasteiger partial charge in [-0.3, -0.25) is 19.2 Å². The second kappa shape index (κ2) is 8.57. The van der Waals surface area contributed by atoms with Crippen LogP contribution in [-0.2, 0) is 19.2 Å². The van der Waals surface area contributed by atoms with Gasteiger partial charge in [0.1, 0.15) is 5.78 Å². The second-order valence-corrected chi connectivity index (χ2v) is 12.3. The van der Waals surface area contributed by atoms with Crippen LogP contribution in [0.3, 0.4) is 0 Å². The number of carboxylic acids is 1. The molecule has 1 N–H and O–H groups in total. The van der Waals surface area contributed by atoms with Gasteiger partial charge in [-0.1, -0.05) is 39.8 Å². The van der Waals surface area contributed by atoms with Crippen molar-refractivity contribution in [3.63, 3.8) is 0 Å². The van der Waals surface area contributed by atoms with Crippen molar-refractivity contribution in [1.29, 1.82) is 0 Å². The minimum Gasteiger partial charge on any atom is -0.481 e. The number of allylic oxidation sites excluding steroid dienone is 2. The lowest BCUT2D eigenvalue weighted by molar-refractivity contribution is -0.140. The molecule has 0 bridgehead atoms. The number of Topliss-reactive ketones (excluding diaryl/α,β-unsaturated/α-hetero) is 3. The summed E-state index contributed by atoms with van der Waals surface area (Å²) in [5, 5.41) is 9.27. The van der Waals surface area contributed by atoms with Crippen LogP contribution in [0.5, 0.6) is 0 Å². The molecular weight excluding hydrogens is 428 g/mol. The number of carbonyl (C=O) groups is 4. The number of aliphatic carboxylic acids is 1. The normalized spacial score (nSPS) is 39.3. The number of hydrogen-bond donors (Lipinski definition) is 1. The molecule has 5 nitrogen and oxygen atoms in total. The van der Waals surface area contributed by atoms with Gasteiger partial charge >= 0.3 is 5.97 Å². The van der Waals surface area contributed by atoms with Crippen molar-refractivity contribution in [2.45, 2.75) is 86.0 Å². The van der Waals surface area contributed by atoms with E-state index in [1.165, 1.54) is 0 Å². The van der Waals surface area contributed by atoms with E-state index in [9.17, 15) is 24.3 Å². The van der Waals surface area contributed by atoms with E-state index in [1.807, 2.05) is 6.92 Å². The van der Waals surface area contributed by atoms with E-state index < -0.39 is 11.9 Å². The largest absolute Gasteiger partial charge is 0.481 e. The van der Waals surface area contributed by atoms with Gasteiger partial charge in [0.2, 0.25) is 0 Å². The molecule has 0 heterocycles. The average Bonchev–Trinajstić information content (AvgIpc) is 3.11. The van der Waals surface area contributed by atoms with Crippen molar-refractivity contribution in [3.8, 4) is 0 Å². The van der Waals surface area contributed by atoms with E-state index >= 15 is 0 Å². The minimum atomic E-state index is -0.843. The molecule has 0 amide bonds. The van der Waals surface area contributed by atoms with Gasteiger partial charge in [0, 0.05) is 41.7 Å². The molecule has 1 unspecified atom stereocenters. The summed E-state index contributed by atoms with van der Waals surface area (Å²) in [5.74, 6) is -0.453. The summed E-state index contributed by atoms with van der Waals surface area (Å²) in [6.07, 6.45) is 5.43. The second-order valence-electron chi connectivity index (χ2n) is 12.3. The number of carboxylic acid groups (broad SMARTS) is 1. The van der Waals surface area contributed by atoms with Gasteiger partial charge in [0.15, 0.2) is 11.6 Å². The molecule has 2 saturated carbocycles. The van der Waals surface area contributed by atoms with Crippen LogP contribution in [0.1, 0.15) is 86.0 Å². The Labute approximate surface area is 203 Å². The van der Waals surface area contributed by atoms with Crippen LogP contribution >= 0.6 is 0 Å². The Hall–Kier alpha value is -2.04. The molecule has 34 heavy (non-hydrogen) atoms. The van der Waals surface area contributed by atoms with Crippen LogP contribution in [0.2, 0.25) is 0 Å². The van der Waals surface area contributed by atoms with Gasteiger partial charge in [0.05, 0.1) is 5.92 Å². The highest BCUT2D eigenvalue weighted by atomic mass is 16.4. The molecule has 4 aliphatic carbocycles. The standard InChI is InChI=1S/C29H40O5/c1-15(17(3)27(33)34)7-8-16(2)19-9-10-20-25-23(31)13-21-18(4)22(30)11-12-28(21,5)26(25)24(32)14-29(19,20)6/h16-21H,1,7-14H2,2-6H3,(H,33,34)/t16-,17?,18+,19-,20+,21+,28+,29-/m1/s1. The smallest absolute Gasteiger partial charge is 0.310 e. The lowest BCUT2D eigenvalue weighted by Crippen LogP contribution is -2.53. The molecule has 4 rings (SSSR count). The molecule has 4 aliphatic rings. The molecule has 186 valence electrons. The van der Waals surface area contributed by atoms with Crippen LogP contribution in [0.15, 0.2) is 23.3 Å². The highest BCUT2D eigenvalue weighted by Gasteiger charge is 2.61. The predicted octanol–water partition coefficient (Wildman–Crippen LogP) is 5.58. The van der Waals surface area contributed by atoms with Gasteiger partial charge in [-0.2, -0.15) is 0 Å². The Bertz CT molecular complexity index is 988. The van der Waals surface area contributed by atoms with E-state index in [0.717, 1.165) is 36.0 Å². The topological polar surface area (TPSA) is 88.5 Å². The first-order valence-electron chi connectivity index (χ1n) is 13.1. The predicted molar refractivity (Wildman–Crippen MR) is 130 cm³/mol. The summed E-state index contributed by atoms with van der Waals surface area (Å²) >= 11 is 0. The lowest BCUT2D eigenvalue weighted by atomic mass is 9.48. The van der Waals surface area contributed by atoms with Crippen molar-refractivity contribution < 1.29 is 24.3 Å². The maximum Gasteiger partial charge on any atom is 0.310 e. The molecule has 0 aromatic heterocycles. The molecule has 8 atom stereocenters. The number of ketones is 3. The SMILES string of the molecule is C=C(CC[C@@H](C)[C@H]1CC[C@H]2C3=C(C(=O)C[C@]12C)[C@@]1(C)CCC(=O)[C@@H](C)[C@@H]1CC3=O)C(C)C(=O)O. The van der Waals surface area contributed by atoms with Gasteiger partial charge in [-0.05, 0) is 68.1 Å². The third kappa shape index (κ3) is 3.65. The molecule has 2 fully saturated rings. The fourth-order valence-corrected chi connectivity index (χ4v) is 8.25. The monoisotopic (exact) mass is 468 g/mol. The third-order valence-electron chi connectivity index (χ3n) is 10.5. The first-order chi connectivity index (χ1) is 15.8. The molecule has 5 heteroatoms. The molecule has 0 radical (unpaired) electrons. The molecule has 0 aromatic carbocycles. The van der Waals surface area contributed by atoms with Crippen LogP contribution < -0.4 is 0 Å². The number of hydrogen-bond acceptors (Lipinski definition) is 4. The Kier molecular flexibility index (Phi) is 6.31. The average molecular weight is 469 g/mol. The Morgan fingerprint density at radius 2 is 1.82 bits per heavy atom. The quantitative estimate of drug-likeness (QED) is 0.514. The summed E-state index contributed by atoms with van der Waals surface area (Å²) in [7, 11) is 0. The summed E-state index contributed by atoms with van der Waals surface area (Å²) < 4.78 is 0. The highest BCUT2D eigenvalue weighted by Crippen LogP contribution is 2.64. The maximum atomic E-state index is 13.8. The minimum absolute atomic E-state index is 0.0633. The maximum absolute atomic E-state index is 13.8. The Balaban J connectivity index is 1.61. The molecule has 0 aliphatic heterocycles. The van der Waals surface area contributed by atoms with Crippen LogP contribution in [0.4, 0.5) is 0 Å². The molecule has 0 aromatic rings. The zero-order chi connectivity index (χ0) is 25.2. The van der Waals surface area contributed by atoms with E-state index in [-0.39, 0.29) is 45.9 Å². The number of carbonyl (C=O) groups excluding carboxylic acids is 3. The van der Waals surface area contributed by atoms with E-state index in [2.05, 4.69) is 27.4 Å². The van der Waals surface area contributed by atoms with Gasteiger partial charge in [-0.25, -0.2) is 0 Å². The van der Waals surface area contributed by atoms with Gasteiger partial charge in [-0.15, -0.1) is 0 Å². The summed E-state index contributed by atoms with van der Waals surface area (Å²) in [5.41, 5.74) is 1.70. The van der Waals surface area contributed by atoms with E-state index in [4.69, 9.17) is 0 Å². The first-order valence-corrected chi connectivity index (χ1v) is 13.1. The van der Waals surface area contributed by atoms with Crippen molar-refractivity contribution in [3.05, 3.63) is 23.3 Å². The number of fused-ring (bicyclic) bond motifs is 4.